The van der Waals surface area contributed by atoms with E-state index in [9.17, 15) is 4.79 Å². The number of rotatable bonds is 5. The lowest BCUT2D eigenvalue weighted by Gasteiger charge is -2.19. The van der Waals surface area contributed by atoms with Gasteiger partial charge in [-0.15, -0.1) is 5.10 Å². The molecule has 1 unspecified atom stereocenters. The van der Waals surface area contributed by atoms with Crippen LogP contribution in [-0.2, 0) is 0 Å². The zero-order valence-corrected chi connectivity index (χ0v) is 14.4. The molecule has 6 heteroatoms. The number of carbonyl (C=O) groups excluding carboxylic acids is 1. The normalized spacial score (nSPS) is 11.7. The van der Waals surface area contributed by atoms with Crippen molar-refractivity contribution in [3.05, 3.63) is 108 Å². The number of carbonyl (C=O) groups is 1. The largest absolute Gasteiger partial charge is 0.340 e. The van der Waals surface area contributed by atoms with Crippen LogP contribution in [0, 0.1) is 0 Å². The summed E-state index contributed by atoms with van der Waals surface area (Å²) in [6, 6.07) is 22.7. The Morgan fingerprint density at radius 3 is 2.19 bits per heavy atom. The van der Waals surface area contributed by atoms with Gasteiger partial charge < -0.3 is 5.32 Å². The number of amides is 1. The molecule has 4 aromatic rings. The summed E-state index contributed by atoms with van der Waals surface area (Å²) >= 11 is 0. The zero-order valence-electron chi connectivity index (χ0n) is 14.4. The molecule has 0 bridgehead atoms. The van der Waals surface area contributed by atoms with Crippen LogP contribution in [-0.4, -0.2) is 25.9 Å². The standard InChI is InChI=1S/C21H17N5O/c27-21(19-15-23-26(25-19)18-9-5-2-6-10-18)24-20(16-7-3-1-4-8-16)17-11-13-22-14-12-17/h1-15,20H,(H,24,27). The Morgan fingerprint density at radius 1 is 0.852 bits per heavy atom. The summed E-state index contributed by atoms with van der Waals surface area (Å²) in [4.78, 5) is 18.3. The Hall–Kier alpha value is -3.80. The van der Waals surface area contributed by atoms with Gasteiger partial charge in [0.15, 0.2) is 5.69 Å². The van der Waals surface area contributed by atoms with E-state index in [1.165, 1.54) is 11.0 Å². The Bertz CT molecular complexity index is 977. The topological polar surface area (TPSA) is 72.7 Å². The van der Waals surface area contributed by atoms with E-state index in [0.717, 1.165) is 16.8 Å². The maximum absolute atomic E-state index is 12.8. The van der Waals surface area contributed by atoms with E-state index < -0.39 is 0 Å². The van der Waals surface area contributed by atoms with Crippen molar-refractivity contribution in [1.29, 1.82) is 0 Å². The van der Waals surface area contributed by atoms with E-state index in [0.29, 0.717) is 0 Å². The van der Waals surface area contributed by atoms with Crippen molar-refractivity contribution < 1.29 is 4.79 Å². The first-order valence-electron chi connectivity index (χ1n) is 8.55. The second-order valence-corrected chi connectivity index (χ2v) is 5.95. The molecule has 0 aliphatic rings. The summed E-state index contributed by atoms with van der Waals surface area (Å²) in [6.07, 6.45) is 4.89. The van der Waals surface area contributed by atoms with Gasteiger partial charge in [0.25, 0.3) is 5.91 Å². The van der Waals surface area contributed by atoms with E-state index in [1.807, 2.05) is 72.8 Å². The highest BCUT2D eigenvalue weighted by Gasteiger charge is 2.19. The predicted octanol–water partition coefficient (Wildman–Crippen LogP) is 3.18. The van der Waals surface area contributed by atoms with Gasteiger partial charge in [0.1, 0.15) is 0 Å². The van der Waals surface area contributed by atoms with E-state index in [2.05, 4.69) is 20.5 Å². The maximum Gasteiger partial charge on any atom is 0.274 e. The smallest absolute Gasteiger partial charge is 0.274 e. The van der Waals surface area contributed by atoms with Crippen LogP contribution in [0.25, 0.3) is 5.69 Å². The fraction of sp³-hybridized carbons (Fsp3) is 0.0476. The first kappa shape index (κ1) is 16.7. The lowest BCUT2D eigenvalue weighted by molar-refractivity contribution is 0.0937. The lowest BCUT2D eigenvalue weighted by Crippen LogP contribution is -2.29. The molecule has 0 radical (unpaired) electrons. The number of nitrogens with zero attached hydrogens (tertiary/aromatic N) is 4. The summed E-state index contributed by atoms with van der Waals surface area (Å²) in [5, 5.41) is 11.5. The van der Waals surface area contributed by atoms with Crippen molar-refractivity contribution >= 4 is 5.91 Å². The molecule has 0 saturated heterocycles. The third-order valence-electron chi connectivity index (χ3n) is 4.16. The molecule has 2 heterocycles. The quantitative estimate of drug-likeness (QED) is 0.597. The van der Waals surface area contributed by atoms with Crippen molar-refractivity contribution in [2.75, 3.05) is 0 Å². The zero-order chi connectivity index (χ0) is 18.5. The lowest BCUT2D eigenvalue weighted by atomic mass is 9.99. The van der Waals surface area contributed by atoms with Crippen LogP contribution >= 0.6 is 0 Å². The summed E-state index contributed by atoms with van der Waals surface area (Å²) < 4.78 is 0. The van der Waals surface area contributed by atoms with Crippen LogP contribution in [0.5, 0.6) is 0 Å². The van der Waals surface area contributed by atoms with Gasteiger partial charge >= 0.3 is 0 Å². The molecule has 2 aromatic carbocycles. The van der Waals surface area contributed by atoms with Gasteiger partial charge in [-0.05, 0) is 35.4 Å². The van der Waals surface area contributed by atoms with Gasteiger partial charge in [0.2, 0.25) is 0 Å². The third-order valence-corrected chi connectivity index (χ3v) is 4.16. The molecule has 0 aliphatic heterocycles. The molecule has 27 heavy (non-hydrogen) atoms. The fourth-order valence-electron chi connectivity index (χ4n) is 2.82. The number of benzene rings is 2. The average Bonchev–Trinajstić information content (AvgIpc) is 3.24. The van der Waals surface area contributed by atoms with Crippen LogP contribution in [0.1, 0.15) is 27.7 Å². The van der Waals surface area contributed by atoms with Crippen LogP contribution in [0.15, 0.2) is 91.4 Å². The van der Waals surface area contributed by atoms with Crippen molar-refractivity contribution in [3.63, 3.8) is 0 Å². The molecular formula is C21H17N5O. The van der Waals surface area contributed by atoms with Crippen molar-refractivity contribution in [2.45, 2.75) is 6.04 Å². The van der Waals surface area contributed by atoms with Crippen LogP contribution in [0.2, 0.25) is 0 Å². The van der Waals surface area contributed by atoms with Crippen LogP contribution in [0.3, 0.4) is 0 Å². The van der Waals surface area contributed by atoms with Gasteiger partial charge in [0, 0.05) is 12.4 Å². The van der Waals surface area contributed by atoms with E-state index in [1.54, 1.807) is 12.4 Å². The SMILES string of the molecule is O=C(NC(c1ccccc1)c1ccncc1)c1cnn(-c2ccccc2)n1. The number of aromatic nitrogens is 4. The van der Waals surface area contributed by atoms with Gasteiger partial charge in [-0.25, -0.2) is 0 Å². The molecule has 1 amide bonds. The van der Waals surface area contributed by atoms with Crippen molar-refractivity contribution in [1.82, 2.24) is 25.3 Å². The molecule has 0 aliphatic carbocycles. The minimum absolute atomic E-state index is 0.258. The molecular weight excluding hydrogens is 338 g/mol. The number of nitrogens with one attached hydrogen (secondary N) is 1. The highest BCUT2D eigenvalue weighted by Crippen LogP contribution is 2.21. The van der Waals surface area contributed by atoms with E-state index in [-0.39, 0.29) is 17.6 Å². The Morgan fingerprint density at radius 2 is 1.48 bits per heavy atom. The highest BCUT2D eigenvalue weighted by atomic mass is 16.2. The number of pyridine rings is 1. The highest BCUT2D eigenvalue weighted by molar-refractivity contribution is 5.92. The van der Waals surface area contributed by atoms with E-state index in [4.69, 9.17) is 0 Å². The Balaban J connectivity index is 1.60. The monoisotopic (exact) mass is 355 g/mol. The van der Waals surface area contributed by atoms with Crippen LogP contribution < -0.4 is 5.32 Å². The molecule has 1 atom stereocenters. The van der Waals surface area contributed by atoms with Gasteiger partial charge in [-0.3, -0.25) is 9.78 Å². The first-order chi connectivity index (χ1) is 13.3. The second kappa shape index (κ2) is 7.61. The first-order valence-corrected chi connectivity index (χ1v) is 8.55. The summed E-state index contributed by atoms with van der Waals surface area (Å²) in [6.45, 7) is 0. The predicted molar refractivity (Wildman–Crippen MR) is 101 cm³/mol. The molecule has 132 valence electrons. The Labute approximate surface area is 156 Å². The summed E-state index contributed by atoms with van der Waals surface area (Å²) in [5.41, 5.74) is 2.98. The minimum atomic E-state index is -0.302. The average molecular weight is 355 g/mol. The van der Waals surface area contributed by atoms with E-state index >= 15 is 0 Å². The third kappa shape index (κ3) is 3.74. The number of hydrogen-bond acceptors (Lipinski definition) is 4. The second-order valence-electron chi connectivity index (χ2n) is 5.95. The van der Waals surface area contributed by atoms with Gasteiger partial charge in [0.05, 0.1) is 17.9 Å². The van der Waals surface area contributed by atoms with Crippen molar-refractivity contribution in [2.24, 2.45) is 0 Å². The van der Waals surface area contributed by atoms with Gasteiger partial charge in [-0.2, -0.15) is 9.90 Å². The molecule has 0 spiro atoms. The van der Waals surface area contributed by atoms with Crippen LogP contribution in [0.4, 0.5) is 0 Å². The maximum atomic E-state index is 12.8. The number of para-hydroxylation sites is 1. The molecule has 4 rings (SSSR count). The summed E-state index contributed by atoms with van der Waals surface area (Å²) in [5.74, 6) is -0.289. The summed E-state index contributed by atoms with van der Waals surface area (Å²) in [7, 11) is 0. The minimum Gasteiger partial charge on any atom is -0.340 e. The molecule has 2 aromatic heterocycles. The molecule has 0 saturated carbocycles. The molecule has 0 fully saturated rings. The fourth-order valence-corrected chi connectivity index (χ4v) is 2.82. The van der Waals surface area contributed by atoms with Gasteiger partial charge in [-0.1, -0.05) is 48.5 Å². The molecule has 1 N–H and O–H groups in total. The van der Waals surface area contributed by atoms with Crippen molar-refractivity contribution in [3.8, 4) is 5.69 Å². The Kier molecular flexibility index (Phi) is 4.70. The number of hydrogen-bond donors (Lipinski definition) is 1. The molecule has 6 nitrogen and oxygen atoms in total.